The largest absolute Gasteiger partial charge is 0.493 e. The summed E-state index contributed by atoms with van der Waals surface area (Å²) >= 11 is 0. The van der Waals surface area contributed by atoms with E-state index in [2.05, 4.69) is 43.9 Å². The van der Waals surface area contributed by atoms with Crippen molar-refractivity contribution in [1.82, 2.24) is 4.90 Å². The Morgan fingerprint density at radius 2 is 1.85 bits per heavy atom. The van der Waals surface area contributed by atoms with Crippen molar-refractivity contribution in [3.63, 3.8) is 0 Å². The molecular weight excluding hydrogens is 429 g/mol. The Morgan fingerprint density at radius 1 is 1.12 bits per heavy atom. The highest BCUT2D eigenvalue weighted by Crippen LogP contribution is 2.35. The summed E-state index contributed by atoms with van der Waals surface area (Å²) in [6.45, 7) is 9.79. The summed E-state index contributed by atoms with van der Waals surface area (Å²) in [6.07, 6.45) is 2.93. The number of allylic oxidation sites excluding steroid dienone is 1. The lowest BCUT2D eigenvalue weighted by atomic mass is 9.85. The number of carbonyl (C=O) groups is 1. The highest BCUT2D eigenvalue weighted by Gasteiger charge is 2.34. The Hall–Kier alpha value is -2.66. The molecule has 182 valence electrons. The predicted octanol–water partition coefficient (Wildman–Crippen LogP) is 5.54. The molecule has 1 saturated heterocycles. The van der Waals surface area contributed by atoms with Crippen molar-refractivity contribution in [2.24, 2.45) is 17.8 Å². The van der Waals surface area contributed by atoms with Gasteiger partial charge in [-0.1, -0.05) is 37.6 Å². The summed E-state index contributed by atoms with van der Waals surface area (Å²) in [4.78, 5) is 14.0. The van der Waals surface area contributed by atoms with Gasteiger partial charge in [0.2, 0.25) is 0 Å². The number of likely N-dealkylation sites (tertiary alicyclic amines) is 1. The summed E-state index contributed by atoms with van der Waals surface area (Å²) in [5, 5.41) is 0. The molecule has 0 amide bonds. The predicted molar refractivity (Wildman–Crippen MR) is 133 cm³/mol. The van der Waals surface area contributed by atoms with Gasteiger partial charge in [0.15, 0.2) is 0 Å². The smallest absolute Gasteiger partial charge is 0.311 e. The average Bonchev–Trinajstić information content (AvgIpc) is 2.80. The van der Waals surface area contributed by atoms with Crippen LogP contribution >= 0.6 is 0 Å². The van der Waals surface area contributed by atoms with Gasteiger partial charge in [0.1, 0.15) is 11.6 Å². The van der Waals surface area contributed by atoms with E-state index in [1.165, 1.54) is 41.5 Å². The van der Waals surface area contributed by atoms with Crippen LogP contribution in [0.3, 0.4) is 0 Å². The van der Waals surface area contributed by atoms with Gasteiger partial charge in [-0.3, -0.25) is 9.69 Å². The van der Waals surface area contributed by atoms with Crippen LogP contribution < -0.4 is 4.74 Å². The van der Waals surface area contributed by atoms with Crippen LogP contribution in [0.2, 0.25) is 0 Å². The first-order valence-electron chi connectivity index (χ1n) is 12.3. The Morgan fingerprint density at radius 3 is 2.53 bits per heavy atom. The molecule has 1 heterocycles. The first-order valence-corrected chi connectivity index (χ1v) is 12.3. The lowest BCUT2D eigenvalue weighted by Gasteiger charge is -2.39. The fourth-order valence-corrected chi connectivity index (χ4v) is 4.99. The number of halogens is 1. The van der Waals surface area contributed by atoms with Crippen molar-refractivity contribution in [3.05, 3.63) is 70.5 Å². The minimum Gasteiger partial charge on any atom is -0.493 e. The number of hydrogen-bond donors (Lipinski definition) is 0. The van der Waals surface area contributed by atoms with Gasteiger partial charge >= 0.3 is 5.97 Å². The standard InChI is InChI=1S/C29H36FNO3/c1-19(2)24(13-21-5-9-26(30)10-6-21)18-34-27-11-12-28-20(3)23(8-7-22(28)14-27)15-31-16-25(17-31)29(32)33-4/h5-6,9-12,14,19,24-25H,7-8,13,15-18H2,1-4H3/t24-/m0/s1. The quantitative estimate of drug-likeness (QED) is 0.456. The second kappa shape index (κ2) is 10.7. The highest BCUT2D eigenvalue weighted by atomic mass is 19.1. The van der Waals surface area contributed by atoms with Gasteiger partial charge < -0.3 is 9.47 Å². The molecule has 34 heavy (non-hydrogen) atoms. The molecule has 1 aliphatic heterocycles. The molecule has 0 radical (unpaired) electrons. The Balaban J connectivity index is 1.36. The Labute approximate surface area is 202 Å². The molecule has 2 aromatic carbocycles. The molecule has 1 fully saturated rings. The first kappa shape index (κ1) is 24.5. The number of carbonyl (C=O) groups excluding carboxylic acids is 1. The molecule has 4 nitrogen and oxygen atoms in total. The number of hydrogen-bond acceptors (Lipinski definition) is 4. The summed E-state index contributed by atoms with van der Waals surface area (Å²) in [5.41, 5.74) is 6.61. The third kappa shape index (κ3) is 5.69. The van der Waals surface area contributed by atoms with Gasteiger partial charge in [-0.25, -0.2) is 4.39 Å². The molecule has 0 spiro atoms. The summed E-state index contributed by atoms with van der Waals surface area (Å²) in [6, 6.07) is 13.3. The van der Waals surface area contributed by atoms with Crippen LogP contribution in [0.5, 0.6) is 5.75 Å². The minimum absolute atomic E-state index is 0.0270. The number of methoxy groups -OCH3 is 1. The van der Waals surface area contributed by atoms with Gasteiger partial charge in [-0.15, -0.1) is 0 Å². The number of fused-ring (bicyclic) bond motifs is 1. The summed E-state index contributed by atoms with van der Waals surface area (Å²) < 4.78 is 24.3. The third-order valence-electron chi connectivity index (χ3n) is 7.43. The SMILES string of the molecule is COC(=O)C1CN(CC2=C(C)c3ccc(OC[C@H](Cc4ccc(F)cc4)C(C)C)cc3CC2)C1. The zero-order valence-electron chi connectivity index (χ0n) is 20.8. The van der Waals surface area contributed by atoms with Crippen LogP contribution in [0.25, 0.3) is 5.57 Å². The molecule has 2 aliphatic rings. The van der Waals surface area contributed by atoms with E-state index < -0.39 is 0 Å². The monoisotopic (exact) mass is 465 g/mol. The van der Waals surface area contributed by atoms with Crippen molar-refractivity contribution in [1.29, 1.82) is 0 Å². The molecule has 0 bridgehead atoms. The zero-order chi connectivity index (χ0) is 24.2. The number of rotatable bonds is 9. The lowest BCUT2D eigenvalue weighted by molar-refractivity contribution is -0.151. The van der Waals surface area contributed by atoms with E-state index in [9.17, 15) is 9.18 Å². The van der Waals surface area contributed by atoms with Gasteiger partial charge in [0.25, 0.3) is 0 Å². The number of esters is 1. The van der Waals surface area contributed by atoms with Crippen LogP contribution in [-0.4, -0.2) is 44.2 Å². The topological polar surface area (TPSA) is 38.8 Å². The lowest BCUT2D eigenvalue weighted by Crippen LogP contribution is -2.51. The van der Waals surface area contributed by atoms with Gasteiger partial charge in [-0.2, -0.15) is 0 Å². The number of nitrogens with zero attached hydrogens (tertiary/aromatic N) is 1. The fourth-order valence-electron chi connectivity index (χ4n) is 4.99. The number of benzene rings is 2. The molecule has 2 aromatic rings. The van der Waals surface area contributed by atoms with Gasteiger partial charge in [0, 0.05) is 19.6 Å². The van der Waals surface area contributed by atoms with E-state index in [1.54, 1.807) is 0 Å². The van der Waals surface area contributed by atoms with Crippen LogP contribution in [-0.2, 0) is 22.4 Å². The molecule has 0 saturated carbocycles. The Bertz CT molecular complexity index is 1040. The van der Waals surface area contributed by atoms with Crippen molar-refractivity contribution in [2.45, 2.75) is 40.0 Å². The van der Waals surface area contributed by atoms with Gasteiger partial charge in [-0.05, 0) is 84.6 Å². The fraction of sp³-hybridized carbons (Fsp3) is 0.483. The maximum absolute atomic E-state index is 13.2. The van der Waals surface area contributed by atoms with Crippen LogP contribution in [0.1, 0.15) is 43.9 Å². The molecule has 0 unspecified atom stereocenters. The summed E-state index contributed by atoms with van der Waals surface area (Å²) in [5.74, 6) is 1.48. The molecule has 1 atom stereocenters. The van der Waals surface area contributed by atoms with Gasteiger partial charge in [0.05, 0.1) is 19.6 Å². The average molecular weight is 466 g/mol. The minimum atomic E-state index is -0.196. The molecule has 0 aromatic heterocycles. The van der Waals surface area contributed by atoms with Crippen LogP contribution in [0.4, 0.5) is 4.39 Å². The maximum atomic E-state index is 13.2. The molecule has 4 rings (SSSR count). The first-order chi connectivity index (χ1) is 16.3. The normalized spacial score (nSPS) is 17.4. The Kier molecular flexibility index (Phi) is 7.72. The maximum Gasteiger partial charge on any atom is 0.311 e. The van der Waals surface area contributed by atoms with Crippen LogP contribution in [0, 0.1) is 23.6 Å². The summed E-state index contributed by atoms with van der Waals surface area (Å²) in [7, 11) is 1.46. The molecule has 0 N–H and O–H groups in total. The second-order valence-corrected chi connectivity index (χ2v) is 10.1. The zero-order valence-corrected chi connectivity index (χ0v) is 20.8. The van der Waals surface area contributed by atoms with Crippen molar-refractivity contribution >= 4 is 11.5 Å². The van der Waals surface area contributed by atoms with Crippen molar-refractivity contribution < 1.29 is 18.7 Å². The molecular formula is C29H36FNO3. The third-order valence-corrected chi connectivity index (χ3v) is 7.43. The second-order valence-electron chi connectivity index (χ2n) is 10.1. The van der Waals surface area contributed by atoms with E-state index in [0.29, 0.717) is 18.4 Å². The number of aryl methyl sites for hydroxylation is 1. The molecule has 1 aliphatic carbocycles. The highest BCUT2D eigenvalue weighted by molar-refractivity contribution is 5.74. The van der Waals surface area contributed by atoms with Crippen molar-refractivity contribution in [3.8, 4) is 5.75 Å². The number of ether oxygens (including phenoxy) is 2. The van der Waals surface area contributed by atoms with E-state index >= 15 is 0 Å². The van der Waals surface area contributed by atoms with E-state index in [0.717, 1.165) is 50.2 Å². The van der Waals surface area contributed by atoms with Crippen molar-refractivity contribution in [2.75, 3.05) is 33.4 Å². The van der Waals surface area contributed by atoms with E-state index in [4.69, 9.17) is 9.47 Å². The molecule has 5 heteroatoms. The van der Waals surface area contributed by atoms with Crippen LogP contribution in [0.15, 0.2) is 48.0 Å². The van der Waals surface area contributed by atoms with E-state index in [1.807, 2.05) is 12.1 Å². The van der Waals surface area contributed by atoms with E-state index in [-0.39, 0.29) is 17.7 Å².